The Morgan fingerprint density at radius 1 is 1.42 bits per heavy atom. The second-order valence-electron chi connectivity index (χ2n) is 2.35. The molecule has 0 atom stereocenters. The molecule has 64 valence electrons. The molecule has 0 bridgehead atoms. The molecule has 0 fully saturated rings. The Morgan fingerprint density at radius 3 is 2.67 bits per heavy atom. The summed E-state index contributed by atoms with van der Waals surface area (Å²) in [5.74, 6) is 0.550. The molecule has 0 radical (unpaired) electrons. The topological polar surface area (TPSA) is 38.4 Å². The van der Waals surface area contributed by atoms with Crippen LogP contribution in [0.3, 0.4) is 0 Å². The molecular weight excluding hydrogens is 284 g/mol. The van der Waals surface area contributed by atoms with E-state index in [1.807, 2.05) is 18.2 Å². The minimum Gasteiger partial charge on any atom is -0.387 e. The Morgan fingerprint density at radius 2 is 2.08 bits per heavy atom. The predicted octanol–water partition coefficient (Wildman–Crippen LogP) is 3.22. The molecule has 1 aromatic rings. The van der Waals surface area contributed by atoms with Crippen molar-refractivity contribution >= 4 is 43.4 Å². The maximum atomic E-state index is 5.46. The predicted molar refractivity (Wildman–Crippen MR) is 58.8 cm³/mol. The van der Waals surface area contributed by atoms with Gasteiger partial charge < -0.3 is 5.73 Å². The van der Waals surface area contributed by atoms with Crippen LogP contribution in [0.4, 0.5) is 5.69 Å². The van der Waals surface area contributed by atoms with Gasteiger partial charge in [0, 0.05) is 8.95 Å². The summed E-state index contributed by atoms with van der Waals surface area (Å²) in [4.78, 5) is 4.14. The van der Waals surface area contributed by atoms with E-state index < -0.39 is 0 Å². The van der Waals surface area contributed by atoms with Crippen molar-refractivity contribution in [2.24, 2.45) is 10.7 Å². The van der Waals surface area contributed by atoms with Gasteiger partial charge in [-0.15, -0.1) is 0 Å². The number of aliphatic imine (C=N–C) groups is 1. The highest BCUT2D eigenvalue weighted by Gasteiger charge is 1.97. The summed E-state index contributed by atoms with van der Waals surface area (Å²) < 4.78 is 1.93. The molecule has 1 rings (SSSR count). The number of benzene rings is 1. The highest BCUT2D eigenvalue weighted by Crippen LogP contribution is 2.28. The van der Waals surface area contributed by atoms with Crippen LogP contribution in [-0.2, 0) is 0 Å². The molecule has 4 heteroatoms. The van der Waals surface area contributed by atoms with Crippen LogP contribution in [0.5, 0.6) is 0 Å². The molecule has 0 amide bonds. The summed E-state index contributed by atoms with van der Waals surface area (Å²) in [6.07, 6.45) is 0. The normalized spacial score (nSPS) is 11.8. The van der Waals surface area contributed by atoms with Gasteiger partial charge in [0.15, 0.2) is 0 Å². The first-order valence-electron chi connectivity index (χ1n) is 3.35. The van der Waals surface area contributed by atoms with Crippen molar-refractivity contribution in [3.05, 3.63) is 27.1 Å². The third-order valence-electron chi connectivity index (χ3n) is 1.20. The lowest BCUT2D eigenvalue weighted by Crippen LogP contribution is -2.03. The zero-order chi connectivity index (χ0) is 9.14. The van der Waals surface area contributed by atoms with E-state index in [1.165, 1.54) is 0 Å². The number of hydrogen-bond donors (Lipinski definition) is 1. The largest absolute Gasteiger partial charge is 0.387 e. The summed E-state index contributed by atoms with van der Waals surface area (Å²) in [7, 11) is 0. The summed E-state index contributed by atoms with van der Waals surface area (Å²) >= 11 is 6.73. The van der Waals surface area contributed by atoms with Gasteiger partial charge in [0.25, 0.3) is 0 Å². The molecule has 0 unspecified atom stereocenters. The van der Waals surface area contributed by atoms with Crippen LogP contribution in [0.2, 0.25) is 0 Å². The van der Waals surface area contributed by atoms with Crippen molar-refractivity contribution in [3.8, 4) is 0 Å². The number of nitrogens with two attached hydrogens (primary N) is 1. The lowest BCUT2D eigenvalue weighted by atomic mass is 10.3. The molecule has 2 nitrogen and oxygen atoms in total. The van der Waals surface area contributed by atoms with Gasteiger partial charge in [-0.1, -0.05) is 15.9 Å². The molecule has 0 aliphatic carbocycles. The van der Waals surface area contributed by atoms with Gasteiger partial charge in [-0.3, -0.25) is 0 Å². The van der Waals surface area contributed by atoms with Crippen LogP contribution >= 0.6 is 31.9 Å². The van der Waals surface area contributed by atoms with Crippen LogP contribution in [0.15, 0.2) is 32.1 Å². The number of nitrogens with zero attached hydrogens (tertiary/aromatic N) is 1. The minimum absolute atomic E-state index is 0.550. The van der Waals surface area contributed by atoms with E-state index in [1.54, 1.807) is 6.92 Å². The first-order valence-corrected chi connectivity index (χ1v) is 4.94. The second kappa shape index (κ2) is 4.05. The quantitative estimate of drug-likeness (QED) is 0.626. The van der Waals surface area contributed by atoms with Crippen LogP contribution in [0.25, 0.3) is 0 Å². The molecule has 0 aliphatic heterocycles. The Bertz CT molecular complexity index is 317. The highest BCUT2D eigenvalue weighted by atomic mass is 79.9. The standard InChI is InChI=1S/C8H8Br2N2/c1-5(11)12-8-4-6(9)2-3-7(8)10/h2-4H,1H3,(H2,11,12). The van der Waals surface area contributed by atoms with Crippen molar-refractivity contribution in [3.63, 3.8) is 0 Å². The van der Waals surface area contributed by atoms with Gasteiger partial charge in [-0.25, -0.2) is 4.99 Å². The van der Waals surface area contributed by atoms with Crippen LogP contribution in [0, 0.1) is 0 Å². The highest BCUT2D eigenvalue weighted by molar-refractivity contribution is 9.11. The lowest BCUT2D eigenvalue weighted by molar-refractivity contribution is 1.42. The number of amidine groups is 1. The van der Waals surface area contributed by atoms with Gasteiger partial charge in [0.2, 0.25) is 0 Å². The second-order valence-corrected chi connectivity index (χ2v) is 4.12. The summed E-state index contributed by atoms with van der Waals surface area (Å²) in [6, 6.07) is 5.77. The maximum absolute atomic E-state index is 5.46. The third-order valence-corrected chi connectivity index (χ3v) is 2.37. The van der Waals surface area contributed by atoms with Crippen molar-refractivity contribution < 1.29 is 0 Å². The van der Waals surface area contributed by atoms with Crippen LogP contribution in [0.1, 0.15) is 6.92 Å². The Hall–Kier alpha value is -0.350. The van der Waals surface area contributed by atoms with Crippen molar-refractivity contribution in [2.75, 3.05) is 0 Å². The zero-order valence-electron chi connectivity index (χ0n) is 6.51. The first-order chi connectivity index (χ1) is 5.59. The molecule has 12 heavy (non-hydrogen) atoms. The third kappa shape index (κ3) is 2.60. The fraction of sp³-hybridized carbons (Fsp3) is 0.125. The Labute approximate surface area is 88.1 Å². The smallest absolute Gasteiger partial charge is 0.0965 e. The van der Waals surface area contributed by atoms with Crippen LogP contribution < -0.4 is 5.73 Å². The fourth-order valence-corrected chi connectivity index (χ4v) is 1.45. The number of rotatable bonds is 1. The van der Waals surface area contributed by atoms with Crippen molar-refractivity contribution in [2.45, 2.75) is 6.92 Å². The van der Waals surface area contributed by atoms with Gasteiger partial charge in [-0.05, 0) is 41.1 Å². The van der Waals surface area contributed by atoms with Crippen LogP contribution in [-0.4, -0.2) is 5.84 Å². The fourth-order valence-electron chi connectivity index (χ4n) is 0.761. The SMILES string of the molecule is CC(N)=Nc1cc(Br)ccc1Br. The van der Waals surface area contributed by atoms with Gasteiger partial charge in [-0.2, -0.15) is 0 Å². The Kier molecular flexibility index (Phi) is 3.29. The average Bonchev–Trinajstić information content (AvgIpc) is 1.96. The molecule has 2 N–H and O–H groups in total. The summed E-state index contributed by atoms with van der Waals surface area (Å²) in [5.41, 5.74) is 6.29. The zero-order valence-corrected chi connectivity index (χ0v) is 9.68. The van der Waals surface area contributed by atoms with E-state index >= 15 is 0 Å². The minimum atomic E-state index is 0.550. The molecule has 0 saturated heterocycles. The Balaban J connectivity index is 3.14. The molecular formula is C8H8Br2N2. The average molecular weight is 292 g/mol. The van der Waals surface area contributed by atoms with E-state index in [-0.39, 0.29) is 0 Å². The summed E-state index contributed by atoms with van der Waals surface area (Å²) in [5, 5.41) is 0. The monoisotopic (exact) mass is 290 g/mol. The van der Waals surface area contributed by atoms with Crippen molar-refractivity contribution in [1.29, 1.82) is 0 Å². The summed E-state index contributed by atoms with van der Waals surface area (Å²) in [6.45, 7) is 1.76. The van der Waals surface area contributed by atoms with E-state index in [0.29, 0.717) is 5.84 Å². The first kappa shape index (κ1) is 9.74. The van der Waals surface area contributed by atoms with E-state index in [2.05, 4.69) is 36.9 Å². The number of hydrogen-bond acceptors (Lipinski definition) is 1. The molecule has 1 aromatic carbocycles. The molecule has 0 saturated carbocycles. The maximum Gasteiger partial charge on any atom is 0.0965 e. The molecule has 0 spiro atoms. The van der Waals surface area contributed by atoms with E-state index in [4.69, 9.17) is 5.73 Å². The molecule has 0 aromatic heterocycles. The lowest BCUT2D eigenvalue weighted by Gasteiger charge is -1.99. The van der Waals surface area contributed by atoms with Gasteiger partial charge >= 0.3 is 0 Å². The van der Waals surface area contributed by atoms with Gasteiger partial charge in [0.1, 0.15) is 0 Å². The number of halogens is 2. The van der Waals surface area contributed by atoms with E-state index in [9.17, 15) is 0 Å². The molecule has 0 aliphatic rings. The molecule has 0 heterocycles. The van der Waals surface area contributed by atoms with Crippen molar-refractivity contribution in [1.82, 2.24) is 0 Å². The van der Waals surface area contributed by atoms with E-state index in [0.717, 1.165) is 14.6 Å². The van der Waals surface area contributed by atoms with Gasteiger partial charge in [0.05, 0.1) is 11.5 Å².